The van der Waals surface area contributed by atoms with E-state index in [9.17, 15) is 21.6 Å². The Balaban J connectivity index is 1.55. The van der Waals surface area contributed by atoms with Crippen molar-refractivity contribution in [1.29, 1.82) is 0 Å². The maximum absolute atomic E-state index is 13.1. The summed E-state index contributed by atoms with van der Waals surface area (Å²) >= 11 is 0. The normalized spacial score (nSPS) is 22.5. The molecule has 1 aromatic heterocycles. The van der Waals surface area contributed by atoms with Gasteiger partial charge in [-0.2, -0.15) is 0 Å². The van der Waals surface area contributed by atoms with Gasteiger partial charge in [0.15, 0.2) is 0 Å². The molecular weight excluding hydrogens is 470 g/mol. The molecule has 0 bridgehead atoms. The van der Waals surface area contributed by atoms with E-state index in [4.69, 9.17) is 9.15 Å². The van der Waals surface area contributed by atoms with Crippen LogP contribution >= 0.6 is 0 Å². The number of carbonyl (C=O) groups excluding carboxylic acids is 1. The van der Waals surface area contributed by atoms with Crippen LogP contribution in [0.25, 0.3) is 0 Å². The third kappa shape index (κ3) is 4.85. The summed E-state index contributed by atoms with van der Waals surface area (Å²) in [5.74, 6) is -0.769. The van der Waals surface area contributed by atoms with Crippen LogP contribution in [-0.4, -0.2) is 66.2 Å². The van der Waals surface area contributed by atoms with Crippen molar-refractivity contribution in [2.24, 2.45) is 5.92 Å². The Hall–Kier alpha value is -2.25. The Morgan fingerprint density at radius 3 is 2.52 bits per heavy atom. The first-order valence-corrected chi connectivity index (χ1v) is 13.7. The maximum Gasteiger partial charge on any atom is 0.244 e. The third-order valence-corrected chi connectivity index (χ3v) is 9.32. The molecular formula is C21H27N3O7S2. The average molecular weight is 498 g/mol. The number of carbonyl (C=O) groups is 1. The van der Waals surface area contributed by atoms with E-state index in [0.717, 1.165) is 4.31 Å². The highest BCUT2D eigenvalue weighted by atomic mass is 32.2. The van der Waals surface area contributed by atoms with Gasteiger partial charge in [-0.3, -0.25) is 9.69 Å². The SMILES string of the molecule is Cc1cc(N2C(=O)[C@@H](C)CS2(=O)=O)ccc1S(=O)(=O)NC[C@@H](c1ccco1)N1CCOCC1. The zero-order valence-electron chi connectivity index (χ0n) is 18.4. The highest BCUT2D eigenvalue weighted by molar-refractivity contribution is 7.94. The van der Waals surface area contributed by atoms with Crippen molar-refractivity contribution in [2.45, 2.75) is 24.8 Å². The second kappa shape index (κ2) is 9.18. The molecule has 3 heterocycles. The topological polar surface area (TPSA) is 126 Å². The van der Waals surface area contributed by atoms with Crippen LogP contribution < -0.4 is 9.03 Å². The molecule has 180 valence electrons. The van der Waals surface area contributed by atoms with Crippen LogP contribution in [0.3, 0.4) is 0 Å². The van der Waals surface area contributed by atoms with Crippen LogP contribution in [0.4, 0.5) is 5.69 Å². The van der Waals surface area contributed by atoms with Crippen LogP contribution in [-0.2, 0) is 29.6 Å². The Kier molecular flexibility index (Phi) is 6.65. The number of sulfonamides is 2. The largest absolute Gasteiger partial charge is 0.468 e. The molecule has 2 aliphatic heterocycles. The Morgan fingerprint density at radius 1 is 1.21 bits per heavy atom. The van der Waals surface area contributed by atoms with E-state index in [-0.39, 0.29) is 28.9 Å². The number of hydrogen-bond donors (Lipinski definition) is 1. The number of furan rings is 1. The van der Waals surface area contributed by atoms with Gasteiger partial charge in [-0.05, 0) is 42.8 Å². The van der Waals surface area contributed by atoms with Crippen molar-refractivity contribution in [3.63, 3.8) is 0 Å². The van der Waals surface area contributed by atoms with Gasteiger partial charge in [-0.1, -0.05) is 6.92 Å². The first-order chi connectivity index (χ1) is 15.6. The van der Waals surface area contributed by atoms with Gasteiger partial charge >= 0.3 is 0 Å². The Morgan fingerprint density at radius 2 is 1.94 bits per heavy atom. The van der Waals surface area contributed by atoms with Crippen molar-refractivity contribution < 1.29 is 30.8 Å². The van der Waals surface area contributed by atoms with Crippen molar-refractivity contribution >= 4 is 31.6 Å². The lowest BCUT2D eigenvalue weighted by molar-refractivity contribution is -0.119. The van der Waals surface area contributed by atoms with Gasteiger partial charge in [0.2, 0.25) is 26.0 Å². The molecule has 2 fully saturated rings. The minimum atomic E-state index is -3.91. The van der Waals surface area contributed by atoms with E-state index in [2.05, 4.69) is 9.62 Å². The van der Waals surface area contributed by atoms with Crippen LogP contribution in [0.2, 0.25) is 0 Å². The molecule has 33 heavy (non-hydrogen) atoms. The molecule has 1 aromatic carbocycles. The Bertz CT molecular complexity index is 1220. The number of amides is 1. The summed E-state index contributed by atoms with van der Waals surface area (Å²) in [5.41, 5.74) is 0.478. The molecule has 0 aliphatic carbocycles. The lowest BCUT2D eigenvalue weighted by Gasteiger charge is -2.33. The van der Waals surface area contributed by atoms with Gasteiger partial charge in [0, 0.05) is 19.6 Å². The van der Waals surface area contributed by atoms with Gasteiger partial charge in [0.1, 0.15) is 5.76 Å². The molecule has 4 rings (SSSR count). The monoisotopic (exact) mass is 497 g/mol. The minimum absolute atomic E-state index is 0.0171. The fraction of sp³-hybridized carbons (Fsp3) is 0.476. The zero-order valence-corrected chi connectivity index (χ0v) is 20.1. The summed E-state index contributed by atoms with van der Waals surface area (Å²) in [6, 6.07) is 7.36. The number of nitrogens with one attached hydrogen (secondary N) is 1. The number of benzene rings is 1. The van der Waals surface area contributed by atoms with E-state index < -0.39 is 31.9 Å². The lowest BCUT2D eigenvalue weighted by atomic mass is 10.2. The number of nitrogens with zero attached hydrogens (tertiary/aromatic N) is 2. The van der Waals surface area contributed by atoms with Crippen molar-refractivity contribution in [3.05, 3.63) is 47.9 Å². The smallest absolute Gasteiger partial charge is 0.244 e. The van der Waals surface area contributed by atoms with E-state index >= 15 is 0 Å². The van der Waals surface area contributed by atoms with Crippen LogP contribution in [0, 0.1) is 12.8 Å². The molecule has 0 radical (unpaired) electrons. The fourth-order valence-electron chi connectivity index (χ4n) is 4.19. The van der Waals surface area contributed by atoms with E-state index in [0.29, 0.717) is 37.6 Å². The van der Waals surface area contributed by atoms with E-state index in [1.807, 2.05) is 6.07 Å². The summed E-state index contributed by atoms with van der Waals surface area (Å²) < 4.78 is 65.3. The fourth-order valence-corrected chi connectivity index (χ4v) is 7.27. The van der Waals surface area contributed by atoms with Crippen LogP contribution in [0.1, 0.15) is 24.3 Å². The zero-order chi connectivity index (χ0) is 23.8. The van der Waals surface area contributed by atoms with Crippen molar-refractivity contribution in [2.75, 3.05) is 42.9 Å². The third-order valence-electron chi connectivity index (χ3n) is 5.87. The van der Waals surface area contributed by atoms with Gasteiger partial charge in [0.25, 0.3) is 0 Å². The molecule has 2 aromatic rings. The molecule has 2 atom stereocenters. The minimum Gasteiger partial charge on any atom is -0.468 e. The summed E-state index contributed by atoms with van der Waals surface area (Å²) in [6.07, 6.45) is 1.55. The molecule has 0 unspecified atom stereocenters. The van der Waals surface area contributed by atoms with Crippen LogP contribution in [0.15, 0.2) is 45.9 Å². The lowest BCUT2D eigenvalue weighted by Crippen LogP contribution is -2.43. The van der Waals surface area contributed by atoms with Gasteiger partial charge in [-0.15, -0.1) is 0 Å². The van der Waals surface area contributed by atoms with Crippen LogP contribution in [0.5, 0.6) is 0 Å². The molecule has 1 amide bonds. The molecule has 10 nitrogen and oxygen atoms in total. The number of aryl methyl sites for hydroxylation is 1. The second-order valence-electron chi connectivity index (χ2n) is 8.26. The molecule has 2 aliphatic rings. The van der Waals surface area contributed by atoms with Crippen molar-refractivity contribution in [1.82, 2.24) is 9.62 Å². The number of hydrogen-bond acceptors (Lipinski definition) is 8. The summed E-state index contributed by atoms with van der Waals surface area (Å²) in [4.78, 5) is 14.5. The molecule has 0 spiro atoms. The molecule has 1 N–H and O–H groups in total. The summed E-state index contributed by atoms with van der Waals surface area (Å²) in [7, 11) is -7.68. The molecule has 2 saturated heterocycles. The molecule has 0 saturated carbocycles. The van der Waals surface area contributed by atoms with E-state index in [1.165, 1.54) is 18.2 Å². The second-order valence-corrected chi connectivity index (χ2v) is 11.9. The molecule has 12 heteroatoms. The van der Waals surface area contributed by atoms with Gasteiger partial charge in [-0.25, -0.2) is 25.9 Å². The Labute approximate surface area is 193 Å². The van der Waals surface area contributed by atoms with Gasteiger partial charge in [0.05, 0.1) is 47.8 Å². The maximum atomic E-state index is 13.1. The first kappa shape index (κ1) is 23.9. The van der Waals surface area contributed by atoms with Gasteiger partial charge < -0.3 is 9.15 Å². The quantitative estimate of drug-likeness (QED) is 0.606. The summed E-state index contributed by atoms with van der Waals surface area (Å²) in [5, 5.41) is 0. The average Bonchev–Trinajstić information content (AvgIpc) is 3.35. The van der Waals surface area contributed by atoms with E-state index in [1.54, 1.807) is 26.2 Å². The number of rotatable bonds is 7. The number of anilines is 1. The summed E-state index contributed by atoms with van der Waals surface area (Å²) in [6.45, 7) is 5.63. The highest BCUT2D eigenvalue weighted by Gasteiger charge is 2.42. The number of ether oxygens (including phenoxy) is 1. The predicted molar refractivity (Wildman–Crippen MR) is 121 cm³/mol. The standard InChI is InChI=1S/C21H27N3O7S2/c1-15-12-17(24-21(25)16(2)14-32(24,26)27)5-6-20(15)33(28,29)22-13-18(19-4-3-9-31-19)23-7-10-30-11-8-23/h3-6,9,12,16,18,22H,7-8,10-11,13-14H2,1-2H3/t16-,18-/m0/s1. The van der Waals surface area contributed by atoms with Crippen molar-refractivity contribution in [3.8, 4) is 0 Å². The predicted octanol–water partition coefficient (Wildman–Crippen LogP) is 1.25. The highest BCUT2D eigenvalue weighted by Crippen LogP contribution is 2.31. The number of morpholine rings is 1. The first-order valence-electron chi connectivity index (χ1n) is 10.6.